The van der Waals surface area contributed by atoms with E-state index in [4.69, 9.17) is 5.73 Å². The molecule has 0 spiro atoms. The Bertz CT molecular complexity index is 305. The Morgan fingerprint density at radius 2 is 2.00 bits per heavy atom. The van der Waals surface area contributed by atoms with Crippen LogP contribution in [0.4, 0.5) is 5.69 Å². The van der Waals surface area contributed by atoms with E-state index in [0.717, 1.165) is 28.8 Å². The summed E-state index contributed by atoms with van der Waals surface area (Å²) in [6, 6.07) is 1.82. The molecule has 0 radical (unpaired) electrons. The normalized spacial score (nSPS) is 10.2. The van der Waals surface area contributed by atoms with Crippen molar-refractivity contribution in [3.05, 3.63) is 22.8 Å². The highest BCUT2D eigenvalue weighted by Crippen LogP contribution is 2.29. The Balaban J connectivity index is 3.40. The molecule has 1 aromatic carbocycles. The molecule has 0 bridgehead atoms. The van der Waals surface area contributed by atoms with E-state index in [0.29, 0.717) is 5.75 Å². The van der Waals surface area contributed by atoms with Crippen molar-refractivity contribution in [3.8, 4) is 5.75 Å². The minimum atomic E-state index is 0.376. The number of aryl methyl sites for hydroxylation is 1. The number of nitrogen functional groups attached to an aromatic ring is 1. The molecule has 1 aromatic rings. The van der Waals surface area contributed by atoms with E-state index in [2.05, 4.69) is 0 Å². The minimum absolute atomic E-state index is 0.376. The maximum absolute atomic E-state index is 9.59. The Morgan fingerprint density at radius 1 is 1.42 bits per heavy atom. The predicted molar refractivity (Wildman–Crippen MR) is 51.4 cm³/mol. The van der Waals surface area contributed by atoms with Crippen molar-refractivity contribution in [2.75, 3.05) is 5.73 Å². The quantitative estimate of drug-likeness (QED) is 0.494. The number of nitrogens with two attached hydrogens (primary N) is 1. The number of phenols is 1. The van der Waals surface area contributed by atoms with Gasteiger partial charge < -0.3 is 10.8 Å². The average Bonchev–Trinajstić information content (AvgIpc) is 2.01. The standard InChI is InChI=1S/C10H15NO/c1-4-8-7(3)10(12)6(2)5-9(8)11/h5,12H,4,11H2,1-3H3. The Labute approximate surface area is 73.0 Å². The molecule has 0 aliphatic rings. The van der Waals surface area contributed by atoms with Crippen LogP contribution < -0.4 is 5.73 Å². The number of aromatic hydroxyl groups is 1. The number of phenolic OH excluding ortho intramolecular Hbond substituents is 1. The lowest BCUT2D eigenvalue weighted by molar-refractivity contribution is 0.466. The van der Waals surface area contributed by atoms with Crippen LogP contribution in [0, 0.1) is 13.8 Å². The Hall–Kier alpha value is -1.18. The minimum Gasteiger partial charge on any atom is -0.507 e. The van der Waals surface area contributed by atoms with Crippen LogP contribution in [-0.4, -0.2) is 5.11 Å². The van der Waals surface area contributed by atoms with Gasteiger partial charge in [0.25, 0.3) is 0 Å². The van der Waals surface area contributed by atoms with Crippen LogP contribution >= 0.6 is 0 Å². The second-order valence-corrected chi connectivity index (χ2v) is 3.09. The van der Waals surface area contributed by atoms with Gasteiger partial charge in [-0.3, -0.25) is 0 Å². The van der Waals surface area contributed by atoms with Gasteiger partial charge in [-0.1, -0.05) is 6.92 Å². The van der Waals surface area contributed by atoms with Crippen LogP contribution in [0.3, 0.4) is 0 Å². The van der Waals surface area contributed by atoms with Crippen LogP contribution in [0.1, 0.15) is 23.6 Å². The first kappa shape index (κ1) is 8.91. The van der Waals surface area contributed by atoms with Crippen molar-refractivity contribution in [2.24, 2.45) is 0 Å². The highest BCUT2D eigenvalue weighted by atomic mass is 16.3. The third kappa shape index (κ3) is 1.24. The molecule has 12 heavy (non-hydrogen) atoms. The smallest absolute Gasteiger partial charge is 0.121 e. The monoisotopic (exact) mass is 165 g/mol. The van der Waals surface area contributed by atoms with Crippen molar-refractivity contribution < 1.29 is 5.11 Å². The highest BCUT2D eigenvalue weighted by Gasteiger charge is 2.08. The van der Waals surface area contributed by atoms with Gasteiger partial charge in [-0.2, -0.15) is 0 Å². The fourth-order valence-corrected chi connectivity index (χ4v) is 1.51. The van der Waals surface area contributed by atoms with Crippen LogP contribution in [0.25, 0.3) is 0 Å². The number of rotatable bonds is 1. The molecular weight excluding hydrogens is 150 g/mol. The number of hydrogen-bond acceptors (Lipinski definition) is 2. The molecule has 0 aliphatic carbocycles. The average molecular weight is 165 g/mol. The van der Waals surface area contributed by atoms with Gasteiger partial charge in [-0.05, 0) is 43.0 Å². The van der Waals surface area contributed by atoms with Gasteiger partial charge in [-0.25, -0.2) is 0 Å². The molecule has 0 fully saturated rings. The van der Waals surface area contributed by atoms with Gasteiger partial charge in [0.15, 0.2) is 0 Å². The van der Waals surface area contributed by atoms with E-state index >= 15 is 0 Å². The lowest BCUT2D eigenvalue weighted by Crippen LogP contribution is -1.97. The number of hydrogen-bond donors (Lipinski definition) is 2. The first-order chi connectivity index (χ1) is 5.57. The predicted octanol–water partition coefficient (Wildman–Crippen LogP) is 2.15. The van der Waals surface area contributed by atoms with Gasteiger partial charge >= 0.3 is 0 Å². The molecule has 0 amide bonds. The van der Waals surface area contributed by atoms with E-state index in [1.165, 1.54) is 0 Å². The van der Waals surface area contributed by atoms with Crippen molar-refractivity contribution in [1.82, 2.24) is 0 Å². The Kier molecular flexibility index (Phi) is 2.27. The summed E-state index contributed by atoms with van der Waals surface area (Å²) in [6.07, 6.45) is 0.867. The van der Waals surface area contributed by atoms with Gasteiger partial charge in [0.1, 0.15) is 5.75 Å². The summed E-state index contributed by atoms with van der Waals surface area (Å²) in [5, 5.41) is 9.59. The number of benzene rings is 1. The fourth-order valence-electron chi connectivity index (χ4n) is 1.51. The third-order valence-corrected chi connectivity index (χ3v) is 2.26. The van der Waals surface area contributed by atoms with Crippen molar-refractivity contribution >= 4 is 5.69 Å². The molecule has 1 rings (SSSR count). The lowest BCUT2D eigenvalue weighted by Gasteiger charge is -2.11. The van der Waals surface area contributed by atoms with Crippen molar-refractivity contribution in [3.63, 3.8) is 0 Å². The highest BCUT2D eigenvalue weighted by molar-refractivity contribution is 5.59. The second kappa shape index (κ2) is 3.05. The summed E-state index contributed by atoms with van der Waals surface area (Å²) in [6.45, 7) is 5.79. The first-order valence-electron chi connectivity index (χ1n) is 4.15. The summed E-state index contributed by atoms with van der Waals surface area (Å²) >= 11 is 0. The van der Waals surface area contributed by atoms with Gasteiger partial charge in [0.05, 0.1) is 0 Å². The SMILES string of the molecule is CCc1c(N)cc(C)c(O)c1C. The molecule has 2 nitrogen and oxygen atoms in total. The van der Waals surface area contributed by atoms with Crippen molar-refractivity contribution in [1.29, 1.82) is 0 Å². The summed E-state index contributed by atoms with van der Waals surface area (Å²) in [5.74, 6) is 0.376. The molecule has 0 aromatic heterocycles. The van der Waals surface area contributed by atoms with E-state index in [1.807, 2.05) is 26.8 Å². The molecule has 0 unspecified atom stereocenters. The molecule has 0 aliphatic heterocycles. The molecule has 0 heterocycles. The fraction of sp³-hybridized carbons (Fsp3) is 0.400. The zero-order valence-electron chi connectivity index (χ0n) is 7.81. The van der Waals surface area contributed by atoms with Gasteiger partial charge in [0, 0.05) is 5.69 Å². The second-order valence-electron chi connectivity index (χ2n) is 3.09. The molecule has 0 saturated carbocycles. The molecular formula is C10H15NO. The van der Waals surface area contributed by atoms with Crippen LogP contribution in [0.2, 0.25) is 0 Å². The topological polar surface area (TPSA) is 46.2 Å². The van der Waals surface area contributed by atoms with Crippen LogP contribution in [-0.2, 0) is 6.42 Å². The van der Waals surface area contributed by atoms with E-state index in [9.17, 15) is 5.11 Å². The molecule has 66 valence electrons. The first-order valence-corrected chi connectivity index (χ1v) is 4.15. The molecule has 2 heteroatoms. The lowest BCUT2D eigenvalue weighted by atomic mass is 10.00. The molecule has 0 atom stereocenters. The largest absolute Gasteiger partial charge is 0.507 e. The zero-order valence-corrected chi connectivity index (χ0v) is 7.81. The summed E-state index contributed by atoms with van der Waals surface area (Å²) < 4.78 is 0. The van der Waals surface area contributed by atoms with E-state index in [-0.39, 0.29) is 0 Å². The van der Waals surface area contributed by atoms with E-state index in [1.54, 1.807) is 0 Å². The maximum Gasteiger partial charge on any atom is 0.121 e. The molecule has 3 N–H and O–H groups in total. The van der Waals surface area contributed by atoms with Crippen LogP contribution in [0.5, 0.6) is 5.75 Å². The Morgan fingerprint density at radius 3 is 2.50 bits per heavy atom. The maximum atomic E-state index is 9.59. The number of anilines is 1. The van der Waals surface area contributed by atoms with Crippen molar-refractivity contribution in [2.45, 2.75) is 27.2 Å². The summed E-state index contributed by atoms with van der Waals surface area (Å²) in [5.41, 5.74) is 9.39. The summed E-state index contributed by atoms with van der Waals surface area (Å²) in [7, 11) is 0. The van der Waals surface area contributed by atoms with Gasteiger partial charge in [-0.15, -0.1) is 0 Å². The van der Waals surface area contributed by atoms with Gasteiger partial charge in [0.2, 0.25) is 0 Å². The zero-order chi connectivity index (χ0) is 9.30. The van der Waals surface area contributed by atoms with Crippen LogP contribution in [0.15, 0.2) is 6.07 Å². The summed E-state index contributed by atoms with van der Waals surface area (Å²) in [4.78, 5) is 0. The van der Waals surface area contributed by atoms with E-state index < -0.39 is 0 Å². The third-order valence-electron chi connectivity index (χ3n) is 2.26. The molecule has 0 saturated heterocycles.